The summed E-state index contributed by atoms with van der Waals surface area (Å²) in [6, 6.07) is 20.7. The van der Waals surface area contributed by atoms with Crippen LogP contribution >= 0.6 is 15.9 Å². The van der Waals surface area contributed by atoms with E-state index in [-0.39, 0.29) is 11.5 Å². The second-order valence-electron chi connectivity index (χ2n) is 6.25. The average Bonchev–Trinajstić information content (AvgIpc) is 3.03. The number of hydrogen-bond acceptors (Lipinski definition) is 4. The maximum absolute atomic E-state index is 12.6. The molecular weight excluding hydrogens is 420 g/mol. The number of carbonyl (C=O) groups is 1. The molecule has 0 atom stereocenters. The highest BCUT2D eigenvalue weighted by Gasteiger charge is 2.28. The van der Waals surface area contributed by atoms with Crippen molar-refractivity contribution in [3.8, 4) is 17.2 Å². The van der Waals surface area contributed by atoms with Crippen LogP contribution in [-0.2, 0) is 6.61 Å². The lowest BCUT2D eigenvalue weighted by atomic mass is 10.1. The van der Waals surface area contributed by atoms with Crippen molar-refractivity contribution in [3.63, 3.8) is 0 Å². The van der Waals surface area contributed by atoms with Gasteiger partial charge < -0.3 is 14.2 Å². The van der Waals surface area contributed by atoms with Crippen LogP contribution in [0, 0.1) is 0 Å². The average molecular weight is 437 g/mol. The van der Waals surface area contributed by atoms with Crippen molar-refractivity contribution >= 4 is 27.8 Å². The molecule has 0 saturated heterocycles. The molecule has 0 bridgehead atoms. The normalized spacial score (nSPS) is 13.9. The highest BCUT2D eigenvalue weighted by Crippen LogP contribution is 2.35. The van der Waals surface area contributed by atoms with E-state index in [1.807, 2.05) is 48.5 Å². The van der Waals surface area contributed by atoms with Gasteiger partial charge in [0.1, 0.15) is 23.9 Å². The van der Waals surface area contributed by atoms with Gasteiger partial charge in [-0.1, -0.05) is 46.3 Å². The van der Waals surface area contributed by atoms with Gasteiger partial charge >= 0.3 is 0 Å². The first kappa shape index (κ1) is 18.3. The summed E-state index contributed by atoms with van der Waals surface area (Å²) in [5, 5.41) is 0. The third kappa shape index (κ3) is 3.80. The Kier molecular flexibility index (Phi) is 5.17. The number of rotatable bonds is 5. The van der Waals surface area contributed by atoms with Gasteiger partial charge in [-0.3, -0.25) is 4.79 Å². The zero-order valence-corrected chi connectivity index (χ0v) is 16.7. The van der Waals surface area contributed by atoms with E-state index in [1.165, 1.54) is 0 Å². The number of halogens is 1. The molecule has 0 radical (unpaired) electrons. The van der Waals surface area contributed by atoms with E-state index in [2.05, 4.69) is 15.9 Å². The molecular formula is C23H17BrO4. The van der Waals surface area contributed by atoms with E-state index in [0.717, 1.165) is 15.6 Å². The predicted molar refractivity (Wildman–Crippen MR) is 111 cm³/mol. The first-order valence-corrected chi connectivity index (χ1v) is 9.52. The number of methoxy groups -OCH3 is 1. The van der Waals surface area contributed by atoms with Crippen molar-refractivity contribution in [1.29, 1.82) is 0 Å². The van der Waals surface area contributed by atoms with E-state index in [9.17, 15) is 4.79 Å². The molecule has 1 aliphatic heterocycles. The van der Waals surface area contributed by atoms with Gasteiger partial charge in [-0.25, -0.2) is 0 Å². The lowest BCUT2D eigenvalue weighted by molar-refractivity contribution is 0.101. The summed E-state index contributed by atoms with van der Waals surface area (Å²) in [5.74, 6) is 1.94. The summed E-state index contributed by atoms with van der Waals surface area (Å²) in [6.07, 6.45) is 1.70. The molecule has 5 heteroatoms. The molecule has 0 aromatic heterocycles. The summed E-state index contributed by atoms with van der Waals surface area (Å²) in [6.45, 7) is 0.434. The van der Waals surface area contributed by atoms with Crippen LogP contribution in [0.1, 0.15) is 21.5 Å². The highest BCUT2D eigenvalue weighted by molar-refractivity contribution is 9.10. The quantitative estimate of drug-likeness (QED) is 0.484. The van der Waals surface area contributed by atoms with Crippen LogP contribution in [-0.4, -0.2) is 12.9 Å². The molecule has 0 N–H and O–H groups in total. The first-order chi connectivity index (χ1) is 13.6. The van der Waals surface area contributed by atoms with Crippen LogP contribution < -0.4 is 14.2 Å². The van der Waals surface area contributed by atoms with E-state index < -0.39 is 0 Å². The Morgan fingerprint density at radius 2 is 1.82 bits per heavy atom. The number of ether oxygens (including phenoxy) is 3. The molecule has 140 valence electrons. The summed E-state index contributed by atoms with van der Waals surface area (Å²) >= 11 is 3.42. The number of hydrogen-bond donors (Lipinski definition) is 0. The lowest BCUT2D eigenvalue weighted by Gasteiger charge is -2.07. The molecule has 0 spiro atoms. The van der Waals surface area contributed by atoms with Gasteiger partial charge in [-0.15, -0.1) is 0 Å². The van der Waals surface area contributed by atoms with Crippen LogP contribution in [0.3, 0.4) is 0 Å². The number of fused-ring (bicyclic) bond motifs is 1. The fraction of sp³-hybridized carbons (Fsp3) is 0.0870. The van der Waals surface area contributed by atoms with Gasteiger partial charge in [0, 0.05) is 16.1 Å². The monoisotopic (exact) mass is 436 g/mol. The van der Waals surface area contributed by atoms with Crippen LogP contribution in [0.5, 0.6) is 17.2 Å². The molecule has 4 rings (SSSR count). The number of benzene rings is 3. The third-order valence-corrected chi connectivity index (χ3v) is 4.91. The lowest BCUT2D eigenvalue weighted by Crippen LogP contribution is -1.98. The topological polar surface area (TPSA) is 44.8 Å². The third-order valence-electron chi connectivity index (χ3n) is 4.39. The van der Waals surface area contributed by atoms with Crippen molar-refractivity contribution in [1.82, 2.24) is 0 Å². The Hall–Kier alpha value is -3.05. The predicted octanol–water partition coefficient (Wildman–Crippen LogP) is 5.65. The molecule has 0 fully saturated rings. The summed E-state index contributed by atoms with van der Waals surface area (Å²) in [7, 11) is 1.60. The molecule has 1 aliphatic rings. The van der Waals surface area contributed by atoms with E-state index in [4.69, 9.17) is 14.2 Å². The second kappa shape index (κ2) is 7.90. The van der Waals surface area contributed by atoms with E-state index in [0.29, 0.717) is 29.4 Å². The van der Waals surface area contributed by atoms with Crippen molar-refractivity contribution in [2.75, 3.05) is 7.11 Å². The van der Waals surface area contributed by atoms with Gasteiger partial charge in [0.25, 0.3) is 0 Å². The Morgan fingerprint density at radius 3 is 2.61 bits per heavy atom. The molecule has 3 aromatic rings. The smallest absolute Gasteiger partial charge is 0.231 e. The minimum atomic E-state index is -0.152. The molecule has 0 saturated carbocycles. The second-order valence-corrected chi connectivity index (χ2v) is 7.17. The van der Waals surface area contributed by atoms with Crippen LogP contribution in [0.25, 0.3) is 6.08 Å². The maximum Gasteiger partial charge on any atom is 0.231 e. The number of para-hydroxylation sites is 1. The highest BCUT2D eigenvalue weighted by atomic mass is 79.9. The zero-order valence-electron chi connectivity index (χ0n) is 15.1. The van der Waals surface area contributed by atoms with Gasteiger partial charge in [0.15, 0.2) is 5.76 Å². The largest absolute Gasteiger partial charge is 0.496 e. The standard InChI is InChI=1S/C23H17BrO4/c1-26-20-5-3-2-4-16(20)12-22-23(25)19-11-10-18(13-21(19)28-22)27-14-15-6-8-17(24)9-7-15/h2-13H,14H2,1H3. The number of Topliss-reactive ketones (excluding diaryl/α,β-unsaturated/α-hetero) is 1. The molecule has 0 aliphatic carbocycles. The molecule has 3 aromatic carbocycles. The Labute approximate surface area is 171 Å². The molecule has 0 unspecified atom stereocenters. The summed E-state index contributed by atoms with van der Waals surface area (Å²) in [4.78, 5) is 12.6. The van der Waals surface area contributed by atoms with E-state index >= 15 is 0 Å². The zero-order chi connectivity index (χ0) is 19.5. The minimum absolute atomic E-state index is 0.152. The number of allylic oxidation sites excluding steroid dienone is 1. The molecule has 0 amide bonds. The SMILES string of the molecule is COc1ccccc1C=C1Oc2cc(OCc3ccc(Br)cc3)ccc2C1=O. The van der Waals surface area contributed by atoms with Gasteiger partial charge in [-0.2, -0.15) is 0 Å². The Bertz CT molecular complexity index is 1050. The fourth-order valence-corrected chi connectivity index (χ4v) is 3.20. The van der Waals surface area contributed by atoms with Gasteiger partial charge in [0.2, 0.25) is 5.78 Å². The van der Waals surface area contributed by atoms with Crippen LogP contribution in [0.2, 0.25) is 0 Å². The van der Waals surface area contributed by atoms with Gasteiger partial charge in [0.05, 0.1) is 12.7 Å². The molecule has 28 heavy (non-hydrogen) atoms. The Morgan fingerprint density at radius 1 is 1.04 bits per heavy atom. The molecule has 1 heterocycles. The maximum atomic E-state index is 12.6. The van der Waals surface area contributed by atoms with Gasteiger partial charge in [-0.05, 0) is 42.0 Å². The van der Waals surface area contributed by atoms with Crippen LogP contribution in [0.15, 0.2) is 77.0 Å². The number of carbonyl (C=O) groups excluding carboxylic acids is 1. The van der Waals surface area contributed by atoms with Crippen molar-refractivity contribution in [2.45, 2.75) is 6.61 Å². The molecule has 4 nitrogen and oxygen atoms in total. The Balaban J connectivity index is 1.52. The van der Waals surface area contributed by atoms with E-state index in [1.54, 1.807) is 31.4 Å². The van der Waals surface area contributed by atoms with Crippen LogP contribution in [0.4, 0.5) is 0 Å². The van der Waals surface area contributed by atoms with Crippen molar-refractivity contribution in [2.24, 2.45) is 0 Å². The summed E-state index contributed by atoms with van der Waals surface area (Å²) in [5.41, 5.74) is 2.36. The first-order valence-electron chi connectivity index (χ1n) is 8.72. The van der Waals surface area contributed by atoms with Crippen molar-refractivity contribution < 1.29 is 19.0 Å². The summed E-state index contributed by atoms with van der Waals surface area (Å²) < 4.78 is 18.0. The number of ketones is 1. The fourth-order valence-electron chi connectivity index (χ4n) is 2.93. The minimum Gasteiger partial charge on any atom is -0.496 e. The van der Waals surface area contributed by atoms with Crippen molar-refractivity contribution in [3.05, 3.63) is 93.7 Å².